The minimum absolute atomic E-state index is 0.243. The average Bonchev–Trinajstić information content (AvgIpc) is 3.71. The molecule has 0 aliphatic carbocycles. The third-order valence-electron chi connectivity index (χ3n) is 8.33. The van der Waals surface area contributed by atoms with Crippen LogP contribution in [-0.4, -0.2) is 46.6 Å². The average molecular weight is 630 g/mol. The second kappa shape index (κ2) is 11.6. The van der Waals surface area contributed by atoms with E-state index in [0.29, 0.717) is 29.7 Å². The van der Waals surface area contributed by atoms with Crippen LogP contribution in [0, 0.1) is 0 Å². The van der Waals surface area contributed by atoms with Crippen molar-refractivity contribution in [2.45, 2.75) is 46.1 Å². The Kier molecular flexibility index (Phi) is 7.53. The molecule has 44 heavy (non-hydrogen) atoms. The van der Waals surface area contributed by atoms with Gasteiger partial charge in [-0.1, -0.05) is 29.3 Å². The zero-order chi connectivity index (χ0) is 30.4. The first-order valence-electron chi connectivity index (χ1n) is 14.5. The number of carboxylic acid groups (broad SMARTS) is 1. The fourth-order valence-electron chi connectivity index (χ4n) is 6.00. The van der Waals surface area contributed by atoms with Gasteiger partial charge in [-0.05, 0) is 61.0 Å². The van der Waals surface area contributed by atoms with Crippen molar-refractivity contribution < 1.29 is 14.6 Å². The molecule has 7 rings (SSSR count). The molecule has 0 bridgehead atoms. The van der Waals surface area contributed by atoms with Crippen LogP contribution in [0.3, 0.4) is 0 Å². The van der Waals surface area contributed by atoms with Crippen LogP contribution in [0.5, 0.6) is 5.75 Å². The van der Waals surface area contributed by atoms with Crippen LogP contribution in [0.25, 0.3) is 21.9 Å². The van der Waals surface area contributed by atoms with E-state index in [-0.39, 0.29) is 5.56 Å². The van der Waals surface area contributed by atoms with Gasteiger partial charge < -0.3 is 24.0 Å². The van der Waals surface area contributed by atoms with Gasteiger partial charge >= 0.3 is 5.97 Å². The molecule has 0 atom stereocenters. The first-order chi connectivity index (χ1) is 21.4. The second-order valence-corrected chi connectivity index (χ2v) is 11.9. The Balaban J connectivity index is 1.17. The van der Waals surface area contributed by atoms with E-state index in [9.17, 15) is 9.90 Å². The van der Waals surface area contributed by atoms with E-state index in [4.69, 9.17) is 32.9 Å². The van der Waals surface area contributed by atoms with Gasteiger partial charge in [-0.2, -0.15) is 0 Å². The number of halogens is 2. The molecule has 0 saturated heterocycles. The van der Waals surface area contributed by atoms with E-state index in [0.717, 1.165) is 70.8 Å². The molecular weight excluding hydrogens is 599 g/mol. The number of ether oxygens (including phenoxy) is 1. The van der Waals surface area contributed by atoms with Crippen molar-refractivity contribution in [3.8, 4) is 5.75 Å². The third kappa shape index (κ3) is 5.43. The Labute approximate surface area is 263 Å². The zero-order valence-corrected chi connectivity index (χ0v) is 25.6. The number of imidazole rings is 2. The molecular formula is C33H30Cl2N6O3. The first kappa shape index (κ1) is 28.5. The van der Waals surface area contributed by atoms with Gasteiger partial charge in [0, 0.05) is 64.5 Å². The summed E-state index contributed by atoms with van der Waals surface area (Å²) in [5, 5.41) is 12.0. The van der Waals surface area contributed by atoms with Crippen LogP contribution < -0.4 is 4.74 Å². The molecule has 0 radical (unpaired) electrons. The number of nitrogens with zero attached hydrogens (tertiary/aromatic N) is 5. The van der Waals surface area contributed by atoms with Gasteiger partial charge in [-0.15, -0.1) is 0 Å². The van der Waals surface area contributed by atoms with Gasteiger partial charge in [-0.3, -0.25) is 4.90 Å². The van der Waals surface area contributed by atoms with Crippen LogP contribution in [0.4, 0.5) is 0 Å². The van der Waals surface area contributed by atoms with Gasteiger partial charge in [-0.25, -0.2) is 14.8 Å². The van der Waals surface area contributed by atoms with Crippen molar-refractivity contribution >= 4 is 51.1 Å². The van der Waals surface area contributed by atoms with Crippen molar-refractivity contribution in [3.63, 3.8) is 0 Å². The van der Waals surface area contributed by atoms with E-state index in [1.165, 1.54) is 11.3 Å². The Bertz CT molecular complexity index is 2030. The SMILES string of the molecule is CCn1cncc1Cn1c(CN2CCc3[nH]c4ccc(OCc5ccc(Cl)cc5Cl)cc4c3C2)nc2ccc(C(=O)O)cc21. The zero-order valence-electron chi connectivity index (χ0n) is 24.1. The molecule has 0 fully saturated rings. The highest BCUT2D eigenvalue weighted by atomic mass is 35.5. The molecule has 11 heteroatoms. The number of carbonyl (C=O) groups is 1. The Hall–Kier alpha value is -4.31. The van der Waals surface area contributed by atoms with Crippen LogP contribution in [0.2, 0.25) is 10.0 Å². The van der Waals surface area contributed by atoms with Gasteiger partial charge in [0.05, 0.1) is 41.7 Å². The number of aromatic amines is 1. The number of benzene rings is 3. The minimum Gasteiger partial charge on any atom is -0.489 e. The molecule has 3 aromatic carbocycles. The van der Waals surface area contributed by atoms with Crippen LogP contribution >= 0.6 is 23.2 Å². The number of aromatic carboxylic acids is 1. The number of aromatic nitrogens is 5. The highest BCUT2D eigenvalue weighted by Crippen LogP contribution is 2.32. The second-order valence-electron chi connectivity index (χ2n) is 11.1. The van der Waals surface area contributed by atoms with Crippen LogP contribution in [-0.2, 0) is 39.2 Å². The number of carboxylic acids is 1. The highest BCUT2D eigenvalue weighted by Gasteiger charge is 2.24. The van der Waals surface area contributed by atoms with Crippen molar-refractivity contribution in [1.29, 1.82) is 0 Å². The smallest absolute Gasteiger partial charge is 0.335 e. The Morgan fingerprint density at radius 3 is 2.80 bits per heavy atom. The quantitative estimate of drug-likeness (QED) is 0.180. The number of H-pyrrole nitrogens is 1. The molecule has 3 aromatic heterocycles. The number of hydrogen-bond acceptors (Lipinski definition) is 5. The number of nitrogens with one attached hydrogen (secondary N) is 1. The van der Waals surface area contributed by atoms with E-state index < -0.39 is 5.97 Å². The minimum atomic E-state index is -0.956. The lowest BCUT2D eigenvalue weighted by Gasteiger charge is -2.27. The molecule has 4 heterocycles. The summed E-state index contributed by atoms with van der Waals surface area (Å²) >= 11 is 12.4. The molecule has 0 spiro atoms. The third-order valence-corrected chi connectivity index (χ3v) is 8.92. The van der Waals surface area contributed by atoms with Crippen LogP contribution in [0.1, 0.15) is 45.6 Å². The van der Waals surface area contributed by atoms with E-state index in [1.54, 1.807) is 24.3 Å². The van der Waals surface area contributed by atoms with Crippen LogP contribution in [0.15, 0.2) is 67.1 Å². The van der Waals surface area contributed by atoms with Gasteiger partial charge in [0.15, 0.2) is 0 Å². The molecule has 0 saturated carbocycles. The summed E-state index contributed by atoms with van der Waals surface area (Å²) in [6.07, 6.45) is 4.56. The predicted octanol–water partition coefficient (Wildman–Crippen LogP) is 6.92. The highest BCUT2D eigenvalue weighted by molar-refractivity contribution is 6.35. The largest absolute Gasteiger partial charge is 0.489 e. The van der Waals surface area contributed by atoms with Crippen molar-refractivity contribution in [2.24, 2.45) is 0 Å². The Morgan fingerprint density at radius 1 is 1.09 bits per heavy atom. The summed E-state index contributed by atoms with van der Waals surface area (Å²) < 4.78 is 10.4. The summed E-state index contributed by atoms with van der Waals surface area (Å²) in [6.45, 7) is 6.01. The molecule has 6 aromatic rings. The van der Waals surface area contributed by atoms with Crippen molar-refractivity contribution in [2.75, 3.05) is 6.54 Å². The molecule has 0 amide bonds. The lowest BCUT2D eigenvalue weighted by molar-refractivity contribution is 0.0697. The monoisotopic (exact) mass is 628 g/mol. The first-order valence-corrected chi connectivity index (χ1v) is 15.3. The topological polar surface area (TPSA) is 101 Å². The maximum absolute atomic E-state index is 11.8. The summed E-state index contributed by atoms with van der Waals surface area (Å²) in [5.74, 6) is 0.701. The fourth-order valence-corrected chi connectivity index (χ4v) is 6.47. The normalized spacial score (nSPS) is 13.5. The molecule has 2 N–H and O–H groups in total. The predicted molar refractivity (Wildman–Crippen MR) is 171 cm³/mol. The summed E-state index contributed by atoms with van der Waals surface area (Å²) in [7, 11) is 0. The molecule has 0 unspecified atom stereocenters. The van der Waals surface area contributed by atoms with Gasteiger partial charge in [0.2, 0.25) is 0 Å². The molecule has 1 aliphatic rings. The summed E-state index contributed by atoms with van der Waals surface area (Å²) in [4.78, 5) is 27.1. The van der Waals surface area contributed by atoms with Gasteiger partial charge in [0.25, 0.3) is 0 Å². The van der Waals surface area contributed by atoms with E-state index in [2.05, 4.69) is 43.1 Å². The van der Waals surface area contributed by atoms with Crippen molar-refractivity contribution in [1.82, 2.24) is 29.0 Å². The maximum atomic E-state index is 11.8. The maximum Gasteiger partial charge on any atom is 0.335 e. The summed E-state index contributed by atoms with van der Waals surface area (Å²) in [6, 6.07) is 16.7. The number of fused-ring (bicyclic) bond motifs is 4. The standard InChI is InChI=1S/C33H30Cl2N6O3/c1-2-40-19-36-14-23(40)15-41-31-11-20(33(42)43)4-7-30(31)38-32(41)17-39-10-9-29-26(16-39)25-13-24(6-8-28(25)37-29)44-18-21-3-5-22(34)12-27(21)35/h3-8,11-14,19,37H,2,9-10,15-18H2,1H3,(H,42,43). The molecule has 1 aliphatic heterocycles. The lowest BCUT2D eigenvalue weighted by atomic mass is 10.0. The van der Waals surface area contributed by atoms with Crippen molar-refractivity contribution in [3.05, 3.63) is 111 Å². The molecule has 9 nitrogen and oxygen atoms in total. The molecule has 224 valence electrons. The van der Waals surface area contributed by atoms with E-state index in [1.807, 2.05) is 30.7 Å². The summed E-state index contributed by atoms with van der Waals surface area (Å²) in [5.41, 5.74) is 7.30. The fraction of sp³-hybridized carbons (Fsp3) is 0.242. The number of aryl methyl sites for hydroxylation is 1. The van der Waals surface area contributed by atoms with E-state index >= 15 is 0 Å². The van der Waals surface area contributed by atoms with Gasteiger partial charge in [0.1, 0.15) is 18.2 Å². The lowest BCUT2D eigenvalue weighted by Crippen LogP contribution is -2.31. The Morgan fingerprint density at radius 2 is 1.98 bits per heavy atom. The number of rotatable bonds is 9. The number of hydrogen-bond donors (Lipinski definition) is 2.